The Kier molecular flexibility index (Phi) is 13.0. The van der Waals surface area contributed by atoms with Gasteiger partial charge in [0.1, 0.15) is 0 Å². The average molecular weight is 245 g/mol. The van der Waals surface area contributed by atoms with Crippen LogP contribution in [0.15, 0.2) is 0 Å². The van der Waals surface area contributed by atoms with Crippen molar-refractivity contribution in [1.82, 2.24) is 0 Å². The molecule has 0 aromatic rings. The van der Waals surface area contributed by atoms with Gasteiger partial charge in [-0.3, -0.25) is 0 Å². The van der Waals surface area contributed by atoms with Crippen LogP contribution in [-0.2, 0) is 0 Å². The minimum atomic E-state index is 0. The van der Waals surface area contributed by atoms with E-state index in [4.69, 9.17) is 0 Å². The summed E-state index contributed by atoms with van der Waals surface area (Å²) < 4.78 is 0. The van der Waals surface area contributed by atoms with E-state index in [0.29, 0.717) is 0 Å². The summed E-state index contributed by atoms with van der Waals surface area (Å²) in [4.78, 5) is 0. The monoisotopic (exact) mass is 243 g/mol. The van der Waals surface area contributed by atoms with Gasteiger partial charge in [0.25, 0.3) is 0 Å². The zero-order valence-electron chi connectivity index (χ0n) is 7.41. The van der Waals surface area contributed by atoms with Gasteiger partial charge in [0, 0.05) is 8.80 Å². The second-order valence-corrected chi connectivity index (χ2v) is 5.87. The Hall–Kier alpha value is 1.46. The van der Waals surface area contributed by atoms with Gasteiger partial charge < -0.3 is 23.4 Å². The van der Waals surface area contributed by atoms with Crippen molar-refractivity contribution in [1.29, 1.82) is 0 Å². The van der Waals surface area contributed by atoms with Gasteiger partial charge in [-0.2, -0.15) is 12.8 Å². The molecule has 0 aromatic carbocycles. The van der Waals surface area contributed by atoms with Gasteiger partial charge in [-0.25, -0.2) is 0 Å². The quantitative estimate of drug-likeness (QED) is 0.454. The Morgan fingerprint density at radius 3 is 2.27 bits per heavy atom. The van der Waals surface area contributed by atoms with E-state index in [1.165, 1.54) is 19.3 Å². The van der Waals surface area contributed by atoms with Gasteiger partial charge in [-0.1, -0.05) is 31.5 Å². The molecule has 1 saturated heterocycles. The van der Waals surface area contributed by atoms with Gasteiger partial charge >= 0.3 is 23.1 Å². The third-order valence-electron chi connectivity index (χ3n) is 2.01. The van der Waals surface area contributed by atoms with Crippen LogP contribution in [-0.4, -0.2) is 31.8 Å². The van der Waals surface area contributed by atoms with Crippen LogP contribution in [0.5, 0.6) is 0 Å². The zero-order chi connectivity index (χ0) is 6.53. The van der Waals surface area contributed by atoms with E-state index in [9.17, 15) is 0 Å². The Bertz CT molecular complexity index is 71.7. The molecule has 1 aliphatic heterocycles. The van der Waals surface area contributed by atoms with Crippen LogP contribution in [0.1, 0.15) is 26.2 Å². The summed E-state index contributed by atoms with van der Waals surface area (Å²) in [7, 11) is 0.170. The third-order valence-corrected chi connectivity index (χ3v) is 5.21. The van der Waals surface area contributed by atoms with E-state index in [0.717, 1.165) is 0 Å². The molecule has 0 spiro atoms. The molecule has 11 heavy (non-hydrogen) atoms. The maximum Gasteiger partial charge on any atom is 2.00 e. The summed E-state index contributed by atoms with van der Waals surface area (Å²) in [6, 6.07) is 4.70. The first kappa shape index (κ1) is 15.0. The van der Waals surface area contributed by atoms with Gasteiger partial charge in [-0.05, 0) is 0 Å². The van der Waals surface area contributed by atoms with Crippen LogP contribution >= 0.6 is 0 Å². The van der Waals surface area contributed by atoms with Crippen LogP contribution in [0.4, 0.5) is 0 Å². The van der Waals surface area contributed by atoms with E-state index in [1.54, 1.807) is 18.1 Å². The molecule has 0 amide bonds. The molecule has 0 aliphatic carbocycles. The molecule has 0 bridgehead atoms. The Morgan fingerprint density at radius 2 is 1.82 bits per heavy atom. The fraction of sp³-hybridized carbons (Fsp3) is 0.875. The molecule has 3 heteroatoms. The fourth-order valence-corrected chi connectivity index (χ4v) is 4.17. The topological polar surface area (TPSA) is 0 Å². The first-order valence-corrected chi connectivity index (χ1v) is 6.21. The van der Waals surface area contributed by atoms with Crippen LogP contribution in [0.25, 0.3) is 0 Å². The number of hydrogen-bond acceptors (Lipinski definition) is 0. The van der Waals surface area contributed by atoms with Crippen molar-refractivity contribution in [3.63, 3.8) is 0 Å². The molecule has 0 unspecified atom stereocenters. The van der Waals surface area contributed by atoms with Crippen LogP contribution in [0.3, 0.4) is 0 Å². The van der Waals surface area contributed by atoms with Crippen LogP contribution in [0, 0.1) is 6.42 Å². The summed E-state index contributed by atoms with van der Waals surface area (Å²) in [6.45, 7) is 2.32. The van der Waals surface area contributed by atoms with Crippen molar-refractivity contribution >= 4 is 31.8 Å². The number of rotatable bonds is 2. The molecule has 0 atom stereocenters. The zero-order valence-corrected chi connectivity index (χ0v) is 11.4. The normalized spacial score (nSPS) is 18.3. The van der Waals surface area contributed by atoms with E-state index < -0.39 is 0 Å². The number of halogens is 1. The molecule has 0 saturated carbocycles. The summed E-state index contributed by atoms with van der Waals surface area (Å²) in [5.74, 6) is 0. The second kappa shape index (κ2) is 9.55. The summed E-state index contributed by atoms with van der Waals surface area (Å²) in [5, 5.41) is 0. The van der Waals surface area contributed by atoms with E-state index >= 15 is 0 Å². The maximum atomic E-state index is 2.46. The molecule has 1 aliphatic rings. The minimum Gasteiger partial charge on any atom is -1.00 e. The van der Waals surface area contributed by atoms with E-state index in [1.807, 2.05) is 0 Å². The molecule has 0 nitrogen and oxygen atoms in total. The molecule has 61 valence electrons. The molecule has 1 radical (unpaired) electrons. The van der Waals surface area contributed by atoms with Crippen molar-refractivity contribution < 1.29 is 17.0 Å². The molecular formula is C8H16BrMgSi. The largest absolute Gasteiger partial charge is 2.00 e. The predicted octanol–water partition coefficient (Wildman–Crippen LogP) is -0.488. The van der Waals surface area contributed by atoms with E-state index in [-0.39, 0.29) is 48.8 Å². The van der Waals surface area contributed by atoms with Crippen molar-refractivity contribution in [2.75, 3.05) is 0 Å². The summed E-state index contributed by atoms with van der Waals surface area (Å²) in [6.07, 6.45) is 6.74. The van der Waals surface area contributed by atoms with Crippen LogP contribution < -0.4 is 17.0 Å². The fourth-order valence-electron chi connectivity index (χ4n) is 1.49. The van der Waals surface area contributed by atoms with Crippen molar-refractivity contribution in [3.05, 3.63) is 6.42 Å². The van der Waals surface area contributed by atoms with Crippen LogP contribution in [0.2, 0.25) is 18.1 Å². The van der Waals surface area contributed by atoms with Crippen molar-refractivity contribution in [2.24, 2.45) is 0 Å². The van der Waals surface area contributed by atoms with Gasteiger partial charge in [-0.15, -0.1) is 0 Å². The maximum absolute atomic E-state index is 2.46. The third kappa shape index (κ3) is 6.61. The van der Waals surface area contributed by atoms with Gasteiger partial charge in [0.15, 0.2) is 0 Å². The second-order valence-electron chi connectivity index (χ2n) is 2.87. The first-order chi connectivity index (χ1) is 4.43. The smallest absolute Gasteiger partial charge is 1.00 e. The Labute approximate surface area is 99.0 Å². The first-order valence-electron chi connectivity index (χ1n) is 4.08. The SMILES string of the molecule is CCC[Si]1CC[CH-]CC1.[Br-].[Mg+2]. The summed E-state index contributed by atoms with van der Waals surface area (Å²) in [5.41, 5.74) is 0. The molecule has 1 fully saturated rings. The average Bonchev–Trinajstić information content (AvgIpc) is 1.91. The molecular weight excluding hydrogens is 228 g/mol. The number of hydrogen-bond donors (Lipinski definition) is 0. The van der Waals surface area contributed by atoms with Gasteiger partial charge in [0.2, 0.25) is 0 Å². The van der Waals surface area contributed by atoms with Crippen molar-refractivity contribution in [3.8, 4) is 0 Å². The molecule has 0 aromatic heterocycles. The summed E-state index contributed by atoms with van der Waals surface area (Å²) >= 11 is 0. The minimum absolute atomic E-state index is 0. The van der Waals surface area contributed by atoms with Crippen molar-refractivity contribution in [2.45, 2.75) is 44.3 Å². The molecule has 1 rings (SSSR count). The Balaban J connectivity index is 0. The molecule has 0 N–H and O–H groups in total. The molecule has 1 heterocycles. The predicted molar refractivity (Wildman–Crippen MR) is 49.8 cm³/mol. The Morgan fingerprint density at radius 1 is 1.27 bits per heavy atom. The van der Waals surface area contributed by atoms with E-state index in [2.05, 4.69) is 13.3 Å². The van der Waals surface area contributed by atoms with Gasteiger partial charge in [0.05, 0.1) is 0 Å². The standard InChI is InChI=1S/C8H16Si.BrH.Mg/c1-2-6-9-7-4-3-5-8-9;;/h3H,2,4-8H2,1H3;1H;/q-1;;+2/p-1.